The molecule has 0 radical (unpaired) electrons. The van der Waals surface area contributed by atoms with Gasteiger partial charge in [-0.1, -0.05) is 13.3 Å². The molecule has 0 aliphatic carbocycles. The summed E-state index contributed by atoms with van der Waals surface area (Å²) in [5, 5.41) is 0. The zero-order valence-electron chi connectivity index (χ0n) is 10.2. The Morgan fingerprint density at radius 2 is 2.06 bits per heavy atom. The molecule has 4 nitrogen and oxygen atoms in total. The predicted molar refractivity (Wildman–Crippen MR) is 67.8 cm³/mol. The van der Waals surface area contributed by atoms with E-state index in [2.05, 4.69) is 0 Å². The van der Waals surface area contributed by atoms with Crippen molar-refractivity contribution in [3.05, 3.63) is 0 Å². The molecular weight excluding hydrogens is 264 g/mol. The molecule has 1 unspecified atom stereocenters. The van der Waals surface area contributed by atoms with Gasteiger partial charge in [-0.05, 0) is 25.2 Å². The number of rotatable bonds is 7. The van der Waals surface area contributed by atoms with Gasteiger partial charge >= 0.3 is 0 Å². The van der Waals surface area contributed by atoms with Crippen LogP contribution in [0.25, 0.3) is 0 Å². The molecule has 0 spiro atoms. The van der Waals surface area contributed by atoms with Gasteiger partial charge in [0.2, 0.25) is 9.05 Å². The van der Waals surface area contributed by atoms with Crippen LogP contribution in [0, 0.1) is 5.92 Å². The van der Waals surface area contributed by atoms with Crippen LogP contribution in [-0.2, 0) is 18.5 Å². The lowest BCUT2D eigenvalue weighted by Crippen LogP contribution is -2.27. The average Bonchev–Trinajstić information content (AvgIpc) is 2.26. The summed E-state index contributed by atoms with van der Waals surface area (Å²) in [4.78, 5) is 0. The van der Waals surface area contributed by atoms with Crippen molar-refractivity contribution in [2.75, 3.05) is 25.6 Å². The molecule has 1 saturated heterocycles. The van der Waals surface area contributed by atoms with Crippen LogP contribution in [0.3, 0.4) is 0 Å². The van der Waals surface area contributed by atoms with Crippen molar-refractivity contribution in [2.24, 2.45) is 5.92 Å². The van der Waals surface area contributed by atoms with E-state index in [1.165, 1.54) is 0 Å². The van der Waals surface area contributed by atoms with Crippen molar-refractivity contribution in [3.8, 4) is 0 Å². The zero-order valence-corrected chi connectivity index (χ0v) is 11.8. The van der Waals surface area contributed by atoms with Crippen molar-refractivity contribution in [3.63, 3.8) is 0 Å². The fraction of sp³-hybridized carbons (Fsp3) is 1.00. The molecule has 0 bridgehead atoms. The first-order valence-corrected chi connectivity index (χ1v) is 8.60. The first kappa shape index (κ1) is 15.2. The summed E-state index contributed by atoms with van der Waals surface area (Å²) in [7, 11) is 1.85. The van der Waals surface area contributed by atoms with Gasteiger partial charge in [-0.25, -0.2) is 8.42 Å². The minimum Gasteiger partial charge on any atom is -0.381 e. The van der Waals surface area contributed by atoms with Crippen LogP contribution >= 0.6 is 10.7 Å². The van der Waals surface area contributed by atoms with Gasteiger partial charge in [0.15, 0.2) is 0 Å². The Morgan fingerprint density at radius 1 is 1.41 bits per heavy atom. The van der Waals surface area contributed by atoms with Gasteiger partial charge < -0.3 is 9.47 Å². The minimum atomic E-state index is -3.43. The van der Waals surface area contributed by atoms with E-state index in [1.54, 1.807) is 0 Å². The highest BCUT2D eigenvalue weighted by molar-refractivity contribution is 8.13. The van der Waals surface area contributed by atoms with Crippen molar-refractivity contribution < 1.29 is 17.9 Å². The van der Waals surface area contributed by atoms with E-state index in [4.69, 9.17) is 20.2 Å². The molecule has 17 heavy (non-hydrogen) atoms. The van der Waals surface area contributed by atoms with E-state index >= 15 is 0 Å². The third-order valence-electron chi connectivity index (χ3n) is 2.87. The number of hydrogen-bond acceptors (Lipinski definition) is 4. The van der Waals surface area contributed by atoms with E-state index in [0.29, 0.717) is 6.61 Å². The smallest absolute Gasteiger partial charge is 0.232 e. The third-order valence-corrected chi connectivity index (χ3v) is 4.12. The molecule has 1 aliphatic heterocycles. The molecule has 0 aromatic carbocycles. The van der Waals surface area contributed by atoms with Gasteiger partial charge in [0.1, 0.15) is 0 Å². The molecule has 1 fully saturated rings. The van der Waals surface area contributed by atoms with Crippen LogP contribution in [0.4, 0.5) is 0 Å². The minimum absolute atomic E-state index is 0.00495. The highest BCUT2D eigenvalue weighted by atomic mass is 35.7. The van der Waals surface area contributed by atoms with Gasteiger partial charge in [-0.2, -0.15) is 0 Å². The standard InChI is InChI=1S/C11H21ClO4S/c1-2-3-10(9-17(12,13)14)8-16-11-4-6-15-7-5-11/h10-11H,2-9H2,1H3. The van der Waals surface area contributed by atoms with Crippen LogP contribution in [0.5, 0.6) is 0 Å². The Balaban J connectivity index is 2.32. The topological polar surface area (TPSA) is 52.6 Å². The number of ether oxygens (including phenoxy) is 2. The zero-order chi connectivity index (χ0) is 12.7. The first-order chi connectivity index (χ1) is 8.01. The Hall–Kier alpha value is 0.160. The number of hydrogen-bond donors (Lipinski definition) is 0. The van der Waals surface area contributed by atoms with Crippen LogP contribution in [0.2, 0.25) is 0 Å². The fourth-order valence-corrected chi connectivity index (χ4v) is 3.38. The second-order valence-corrected chi connectivity index (χ2v) is 7.33. The van der Waals surface area contributed by atoms with E-state index in [1.807, 2.05) is 6.92 Å². The van der Waals surface area contributed by atoms with Crippen LogP contribution in [0.1, 0.15) is 32.6 Å². The van der Waals surface area contributed by atoms with Crippen LogP contribution in [-0.4, -0.2) is 40.1 Å². The molecule has 1 atom stereocenters. The van der Waals surface area contributed by atoms with E-state index in [-0.39, 0.29) is 17.8 Å². The highest BCUT2D eigenvalue weighted by Crippen LogP contribution is 2.17. The molecule has 0 amide bonds. The predicted octanol–water partition coefficient (Wildman–Crippen LogP) is 2.17. The third kappa shape index (κ3) is 7.24. The maximum Gasteiger partial charge on any atom is 0.232 e. The van der Waals surface area contributed by atoms with Crippen molar-refractivity contribution >= 4 is 19.7 Å². The molecule has 0 N–H and O–H groups in total. The molecule has 6 heteroatoms. The summed E-state index contributed by atoms with van der Waals surface area (Å²) in [6.07, 6.45) is 3.77. The summed E-state index contributed by atoms with van der Waals surface area (Å²) >= 11 is 0. The van der Waals surface area contributed by atoms with Gasteiger partial charge in [-0.3, -0.25) is 0 Å². The molecular formula is C11H21ClO4S. The van der Waals surface area contributed by atoms with Gasteiger partial charge in [0, 0.05) is 23.9 Å². The summed E-state index contributed by atoms with van der Waals surface area (Å²) in [5.41, 5.74) is 0. The maximum absolute atomic E-state index is 11.1. The van der Waals surface area contributed by atoms with Crippen molar-refractivity contribution in [2.45, 2.75) is 38.7 Å². The van der Waals surface area contributed by atoms with Crippen LogP contribution < -0.4 is 0 Å². The van der Waals surface area contributed by atoms with Gasteiger partial charge in [0.25, 0.3) is 0 Å². The first-order valence-electron chi connectivity index (χ1n) is 6.13. The summed E-state index contributed by atoms with van der Waals surface area (Å²) in [5.74, 6) is 0.0105. The summed E-state index contributed by atoms with van der Waals surface area (Å²) < 4.78 is 33.1. The lowest BCUT2D eigenvalue weighted by atomic mass is 10.1. The highest BCUT2D eigenvalue weighted by Gasteiger charge is 2.20. The molecule has 1 rings (SSSR count). The normalized spacial score (nSPS) is 20.4. The lowest BCUT2D eigenvalue weighted by Gasteiger charge is -2.24. The van der Waals surface area contributed by atoms with E-state index < -0.39 is 9.05 Å². The average molecular weight is 285 g/mol. The van der Waals surface area contributed by atoms with Crippen molar-refractivity contribution in [1.29, 1.82) is 0 Å². The van der Waals surface area contributed by atoms with E-state index in [9.17, 15) is 8.42 Å². The maximum atomic E-state index is 11.1. The molecule has 0 aromatic rings. The summed E-state index contributed by atoms with van der Waals surface area (Å²) in [6.45, 7) is 3.97. The van der Waals surface area contributed by atoms with Gasteiger partial charge in [0.05, 0.1) is 18.5 Å². The molecule has 0 saturated carbocycles. The van der Waals surface area contributed by atoms with Gasteiger partial charge in [-0.15, -0.1) is 0 Å². The molecule has 0 aromatic heterocycles. The second-order valence-electron chi connectivity index (χ2n) is 4.51. The Kier molecular flexibility index (Phi) is 6.77. The quantitative estimate of drug-likeness (QED) is 0.672. The molecule has 102 valence electrons. The lowest BCUT2D eigenvalue weighted by molar-refractivity contribution is -0.0415. The Morgan fingerprint density at radius 3 is 2.59 bits per heavy atom. The SMILES string of the molecule is CCCC(COC1CCOCC1)CS(=O)(=O)Cl. The second kappa shape index (κ2) is 7.56. The molecule has 1 heterocycles. The number of halogens is 1. The Bertz CT molecular complexity index is 299. The van der Waals surface area contributed by atoms with E-state index in [0.717, 1.165) is 38.9 Å². The summed E-state index contributed by atoms with van der Waals surface area (Å²) in [6, 6.07) is 0. The Labute approximate surface area is 108 Å². The monoisotopic (exact) mass is 284 g/mol. The van der Waals surface area contributed by atoms with Crippen molar-refractivity contribution in [1.82, 2.24) is 0 Å². The largest absolute Gasteiger partial charge is 0.381 e. The fourth-order valence-electron chi connectivity index (χ4n) is 2.02. The molecule has 1 aliphatic rings. The van der Waals surface area contributed by atoms with Crippen LogP contribution in [0.15, 0.2) is 0 Å².